The van der Waals surface area contributed by atoms with Crippen molar-refractivity contribution in [3.8, 4) is 0 Å². The Labute approximate surface area is 73.8 Å². The Bertz CT molecular complexity index is 229. The molecule has 1 fully saturated rings. The number of carbonyl (C=O) groups excluding carboxylic acids is 1. The first-order chi connectivity index (χ1) is 6.07. The molecule has 0 aliphatic carbocycles. The topological polar surface area (TPSA) is 102 Å². The Hall–Kier alpha value is -0.460. The summed E-state index contributed by atoms with van der Waals surface area (Å²) < 4.78 is 24.4. The van der Waals surface area contributed by atoms with Crippen LogP contribution in [-0.4, -0.2) is 42.1 Å². The fraction of sp³-hybridized carbons (Fsp3) is 0.800. The van der Waals surface area contributed by atoms with E-state index in [1.807, 2.05) is 0 Å². The van der Waals surface area contributed by atoms with Gasteiger partial charge in [0.2, 0.25) is 0 Å². The van der Waals surface area contributed by atoms with Crippen LogP contribution < -0.4 is 0 Å². The van der Waals surface area contributed by atoms with Gasteiger partial charge in [0.05, 0.1) is 19.8 Å². The normalized spacial score (nSPS) is 22.6. The zero-order valence-corrected chi connectivity index (χ0v) is 7.48. The summed E-state index contributed by atoms with van der Waals surface area (Å²) in [5, 5.41) is 17.1. The predicted molar refractivity (Wildman–Crippen MR) is 38.7 cm³/mol. The molecule has 1 heterocycles. The summed E-state index contributed by atoms with van der Waals surface area (Å²) in [6, 6.07) is 0. The van der Waals surface area contributed by atoms with Gasteiger partial charge in [0.15, 0.2) is 6.10 Å². The van der Waals surface area contributed by atoms with Crippen molar-refractivity contribution in [2.24, 2.45) is 0 Å². The van der Waals surface area contributed by atoms with Gasteiger partial charge in [-0.1, -0.05) is 0 Å². The van der Waals surface area contributed by atoms with Crippen LogP contribution >= 0.6 is 7.82 Å². The molecular weight excluding hydrogens is 203 g/mol. The molecule has 0 spiro atoms. The third kappa shape index (κ3) is 2.75. The monoisotopic (exact) mass is 212 g/mol. The van der Waals surface area contributed by atoms with Crippen LogP contribution in [0.25, 0.3) is 0 Å². The Kier molecular flexibility index (Phi) is 3.40. The summed E-state index contributed by atoms with van der Waals surface area (Å²) in [5.41, 5.74) is 0. The predicted octanol–water partition coefficient (Wildman–Crippen LogP) is -0.962. The second-order valence-corrected chi connectivity index (χ2v) is 3.82. The number of phosphoric ester groups is 1. The summed E-state index contributed by atoms with van der Waals surface area (Å²) in [6.07, 6.45) is -1.72. The average Bonchev–Trinajstić information content (AvgIpc) is 2.50. The van der Waals surface area contributed by atoms with Crippen molar-refractivity contribution >= 4 is 13.8 Å². The van der Waals surface area contributed by atoms with Crippen molar-refractivity contribution in [1.82, 2.24) is 0 Å². The van der Waals surface area contributed by atoms with Crippen LogP contribution in [0, 0.1) is 0 Å². The first-order valence-corrected chi connectivity index (χ1v) is 4.95. The number of rotatable bonds is 3. The van der Waals surface area contributed by atoms with Crippen molar-refractivity contribution in [2.45, 2.75) is 6.10 Å². The SMILES string of the molecule is O=C(OP1(=O)OCCO1)C(O)CO. The fourth-order valence-electron chi connectivity index (χ4n) is 0.634. The molecule has 0 aromatic carbocycles. The second-order valence-electron chi connectivity index (χ2n) is 2.22. The highest BCUT2D eigenvalue weighted by Crippen LogP contribution is 2.52. The minimum absolute atomic E-state index is 0.0692. The minimum Gasteiger partial charge on any atom is -0.393 e. The third-order valence-electron chi connectivity index (χ3n) is 1.23. The largest absolute Gasteiger partial charge is 0.532 e. The fourth-order valence-corrected chi connectivity index (χ4v) is 1.75. The summed E-state index contributed by atoms with van der Waals surface area (Å²) in [5.74, 6) is -1.23. The third-order valence-corrected chi connectivity index (χ3v) is 2.63. The van der Waals surface area contributed by atoms with E-state index in [9.17, 15) is 9.36 Å². The van der Waals surface area contributed by atoms with Crippen molar-refractivity contribution in [3.05, 3.63) is 0 Å². The summed E-state index contributed by atoms with van der Waals surface area (Å²) in [4.78, 5) is 10.8. The highest BCUT2D eigenvalue weighted by molar-refractivity contribution is 7.49. The van der Waals surface area contributed by atoms with Gasteiger partial charge in [-0.3, -0.25) is 9.05 Å². The first-order valence-electron chi connectivity index (χ1n) is 3.49. The van der Waals surface area contributed by atoms with Gasteiger partial charge in [-0.25, -0.2) is 9.36 Å². The lowest BCUT2D eigenvalue weighted by atomic mass is 10.4. The molecule has 2 N–H and O–H groups in total. The van der Waals surface area contributed by atoms with Crippen LogP contribution in [-0.2, 0) is 22.9 Å². The molecule has 1 rings (SSSR count). The van der Waals surface area contributed by atoms with Gasteiger partial charge in [0.1, 0.15) is 0 Å². The second kappa shape index (κ2) is 4.17. The standard InChI is InChI=1S/C5H9O7P/c6-3-4(7)5(8)12-13(9)10-1-2-11-13/h4,6-7H,1-3H2. The van der Waals surface area contributed by atoms with E-state index in [2.05, 4.69) is 13.6 Å². The van der Waals surface area contributed by atoms with Crippen LogP contribution in [0.4, 0.5) is 0 Å². The zero-order valence-electron chi connectivity index (χ0n) is 6.58. The summed E-state index contributed by atoms with van der Waals surface area (Å²) >= 11 is 0. The lowest BCUT2D eigenvalue weighted by Gasteiger charge is -2.11. The summed E-state index contributed by atoms with van der Waals surface area (Å²) in [7, 11) is -3.81. The lowest BCUT2D eigenvalue weighted by molar-refractivity contribution is -0.147. The maximum Gasteiger partial charge on any atom is 0.532 e. The molecule has 0 aromatic rings. The van der Waals surface area contributed by atoms with Crippen molar-refractivity contribution in [3.63, 3.8) is 0 Å². The van der Waals surface area contributed by atoms with E-state index in [-0.39, 0.29) is 13.2 Å². The van der Waals surface area contributed by atoms with Crippen LogP contribution in [0.5, 0.6) is 0 Å². The van der Waals surface area contributed by atoms with E-state index >= 15 is 0 Å². The quantitative estimate of drug-likeness (QED) is 0.580. The maximum absolute atomic E-state index is 11.2. The van der Waals surface area contributed by atoms with E-state index in [1.54, 1.807) is 0 Å². The maximum atomic E-state index is 11.2. The molecule has 1 unspecified atom stereocenters. The van der Waals surface area contributed by atoms with Gasteiger partial charge in [-0.2, -0.15) is 0 Å². The molecule has 0 radical (unpaired) electrons. The first kappa shape index (κ1) is 10.6. The molecule has 13 heavy (non-hydrogen) atoms. The molecule has 8 heteroatoms. The van der Waals surface area contributed by atoms with Crippen LogP contribution in [0.2, 0.25) is 0 Å². The number of aliphatic hydroxyl groups excluding tert-OH is 2. The van der Waals surface area contributed by atoms with Crippen LogP contribution in [0.1, 0.15) is 0 Å². The van der Waals surface area contributed by atoms with Crippen LogP contribution in [0.15, 0.2) is 0 Å². The zero-order chi connectivity index (χ0) is 9.90. The molecule has 7 nitrogen and oxygen atoms in total. The van der Waals surface area contributed by atoms with Crippen molar-refractivity contribution in [2.75, 3.05) is 19.8 Å². The van der Waals surface area contributed by atoms with Crippen molar-refractivity contribution < 1.29 is 33.1 Å². The highest BCUT2D eigenvalue weighted by atomic mass is 31.2. The molecule has 0 aromatic heterocycles. The number of aliphatic hydroxyl groups is 2. The highest BCUT2D eigenvalue weighted by Gasteiger charge is 2.37. The molecule has 1 aliphatic heterocycles. The Balaban J connectivity index is 2.48. The van der Waals surface area contributed by atoms with E-state index in [4.69, 9.17) is 10.2 Å². The van der Waals surface area contributed by atoms with Gasteiger partial charge < -0.3 is 14.7 Å². The van der Waals surface area contributed by atoms with Gasteiger partial charge in [-0.15, -0.1) is 0 Å². The molecule has 1 atom stereocenters. The Morgan fingerprint density at radius 2 is 2.08 bits per heavy atom. The van der Waals surface area contributed by atoms with E-state index in [1.165, 1.54) is 0 Å². The van der Waals surface area contributed by atoms with Crippen molar-refractivity contribution in [1.29, 1.82) is 0 Å². The van der Waals surface area contributed by atoms with Gasteiger partial charge in [-0.05, 0) is 0 Å². The molecular formula is C5H9O7P. The molecule has 0 bridgehead atoms. The van der Waals surface area contributed by atoms with E-state index in [0.29, 0.717) is 0 Å². The number of hydrogen-bond acceptors (Lipinski definition) is 7. The van der Waals surface area contributed by atoms with Gasteiger partial charge in [0, 0.05) is 0 Å². The molecule has 1 saturated heterocycles. The van der Waals surface area contributed by atoms with E-state index in [0.717, 1.165) is 0 Å². The smallest absolute Gasteiger partial charge is 0.393 e. The summed E-state index contributed by atoms with van der Waals surface area (Å²) in [6.45, 7) is -0.668. The Morgan fingerprint density at radius 1 is 1.54 bits per heavy atom. The van der Waals surface area contributed by atoms with Gasteiger partial charge >= 0.3 is 13.8 Å². The number of phosphoric acid groups is 1. The molecule has 1 aliphatic rings. The van der Waals surface area contributed by atoms with Gasteiger partial charge in [0.25, 0.3) is 0 Å². The van der Waals surface area contributed by atoms with E-state index < -0.39 is 26.5 Å². The number of hydrogen-bond donors (Lipinski definition) is 2. The number of carbonyl (C=O) groups is 1. The Morgan fingerprint density at radius 3 is 2.54 bits per heavy atom. The average molecular weight is 212 g/mol. The van der Waals surface area contributed by atoms with Crippen LogP contribution in [0.3, 0.4) is 0 Å². The molecule has 0 saturated carbocycles. The molecule has 0 amide bonds. The minimum atomic E-state index is -3.81. The lowest BCUT2D eigenvalue weighted by Crippen LogP contribution is -2.25. The molecule has 76 valence electrons.